The predicted octanol–water partition coefficient (Wildman–Crippen LogP) is 6.13. The summed E-state index contributed by atoms with van der Waals surface area (Å²) in [5.74, 6) is -0.150. The highest BCUT2D eigenvalue weighted by molar-refractivity contribution is 6.00. The third kappa shape index (κ3) is 7.00. The maximum Gasteiger partial charge on any atom is 0.410 e. The van der Waals surface area contributed by atoms with Crippen LogP contribution in [0.3, 0.4) is 0 Å². The zero-order chi connectivity index (χ0) is 35.5. The Labute approximate surface area is 296 Å². The third-order valence-electron chi connectivity index (χ3n) is 9.95. The summed E-state index contributed by atoms with van der Waals surface area (Å²) in [6, 6.07) is 23.0. The molecule has 51 heavy (non-hydrogen) atoms. The van der Waals surface area contributed by atoms with Gasteiger partial charge in [0.2, 0.25) is 0 Å². The molecule has 3 atom stereocenters. The van der Waals surface area contributed by atoms with Crippen molar-refractivity contribution in [1.82, 2.24) is 24.8 Å². The Bertz CT molecular complexity index is 2090. The number of methoxy groups -OCH3 is 1. The van der Waals surface area contributed by atoms with Crippen LogP contribution in [-0.4, -0.2) is 96.0 Å². The van der Waals surface area contributed by atoms with E-state index in [2.05, 4.69) is 20.9 Å². The van der Waals surface area contributed by atoms with Gasteiger partial charge in [-0.05, 0) is 42.3 Å². The number of nitriles is 1. The van der Waals surface area contributed by atoms with Crippen molar-refractivity contribution >= 4 is 33.6 Å². The molecule has 2 aliphatic heterocycles. The molecule has 12 heteroatoms. The van der Waals surface area contributed by atoms with Crippen LogP contribution in [0.5, 0.6) is 6.01 Å². The van der Waals surface area contributed by atoms with Gasteiger partial charge in [0.25, 0.3) is 0 Å². The lowest BCUT2D eigenvalue weighted by Gasteiger charge is -2.40. The second-order valence-electron chi connectivity index (χ2n) is 13.2. The number of amides is 1. The summed E-state index contributed by atoms with van der Waals surface area (Å²) in [6.07, 6.45) is 2.08. The quantitative estimate of drug-likeness (QED) is 0.179. The van der Waals surface area contributed by atoms with E-state index in [-0.39, 0.29) is 55.5 Å². The van der Waals surface area contributed by atoms with Crippen molar-refractivity contribution in [2.45, 2.75) is 44.6 Å². The van der Waals surface area contributed by atoms with Gasteiger partial charge in [0.1, 0.15) is 30.2 Å². The van der Waals surface area contributed by atoms with E-state index in [1.807, 2.05) is 85.6 Å². The van der Waals surface area contributed by atoms with E-state index in [9.17, 15) is 10.1 Å². The van der Waals surface area contributed by atoms with Crippen molar-refractivity contribution in [1.29, 1.82) is 5.26 Å². The molecule has 11 nitrogen and oxygen atoms in total. The topological polar surface area (TPSA) is 117 Å². The van der Waals surface area contributed by atoms with Crippen molar-refractivity contribution in [3.63, 3.8) is 0 Å². The van der Waals surface area contributed by atoms with E-state index < -0.39 is 18.0 Å². The number of benzene rings is 3. The molecule has 2 fully saturated rings. The monoisotopic (exact) mass is 689 g/mol. The maximum absolute atomic E-state index is 16.9. The fourth-order valence-corrected chi connectivity index (χ4v) is 7.18. The Morgan fingerprint density at radius 1 is 1.02 bits per heavy atom. The van der Waals surface area contributed by atoms with Crippen molar-refractivity contribution in [2.24, 2.45) is 0 Å². The number of likely N-dealkylation sites (tertiary alicyclic amines) is 1. The molecule has 2 aliphatic rings. The first-order valence-corrected chi connectivity index (χ1v) is 17.1. The summed E-state index contributed by atoms with van der Waals surface area (Å²) in [4.78, 5) is 33.1. The van der Waals surface area contributed by atoms with E-state index in [0.29, 0.717) is 29.9 Å². The largest absolute Gasteiger partial charge is 0.462 e. The molecule has 5 aromatic rings. The molecule has 0 N–H and O–H groups in total. The van der Waals surface area contributed by atoms with E-state index >= 15 is 4.39 Å². The van der Waals surface area contributed by atoms with Gasteiger partial charge >= 0.3 is 12.1 Å². The number of fused-ring (bicyclic) bond motifs is 2. The van der Waals surface area contributed by atoms with Crippen molar-refractivity contribution < 1.29 is 23.4 Å². The van der Waals surface area contributed by atoms with Crippen LogP contribution in [0.25, 0.3) is 32.9 Å². The highest BCUT2D eigenvalue weighted by Gasteiger charge is 2.34. The van der Waals surface area contributed by atoms with Crippen LogP contribution in [0.15, 0.2) is 72.9 Å². The first-order chi connectivity index (χ1) is 24.8. The molecule has 7 rings (SSSR count). The Kier molecular flexibility index (Phi) is 9.92. The molecule has 0 aliphatic carbocycles. The van der Waals surface area contributed by atoms with E-state index in [1.54, 1.807) is 18.2 Å². The molecule has 0 unspecified atom stereocenters. The second-order valence-corrected chi connectivity index (χ2v) is 13.2. The lowest BCUT2D eigenvalue weighted by atomic mass is 9.97. The van der Waals surface area contributed by atoms with E-state index in [4.69, 9.17) is 19.2 Å². The number of hydrogen-bond donors (Lipinski definition) is 0. The van der Waals surface area contributed by atoms with E-state index in [1.165, 1.54) is 0 Å². The standard InChI is InChI=1S/C39H40FN7O4/c1-25-9-7-12-27-13-8-14-31(33(25)27)35-34(40)36-32(20-42-35)37(44-38(43-36)50-24-29-19-30(49-3)22-45(29)2)46-17-18-47(28(21-46)15-16-41)39(48)51-23-26-10-5-4-6-11-26/h4-14,20,28-30H,15,17-19,21-24H2,1-3H3/t28-,29-,30+/m0/s1. The summed E-state index contributed by atoms with van der Waals surface area (Å²) in [5, 5.41) is 12.1. The molecule has 2 aromatic heterocycles. The minimum absolute atomic E-state index is 0.0402. The fraction of sp³-hybridized carbons (Fsp3) is 0.359. The van der Waals surface area contributed by atoms with Gasteiger partial charge in [0.05, 0.1) is 30.0 Å². The SMILES string of the molecule is CO[C@@H]1C[C@@H](COc2nc(N3CCN(C(=O)OCc4ccccc4)[C@@H](CC#N)C3)c3cnc(-c4cccc5cccc(C)c45)c(F)c3n2)N(C)C1. The molecule has 0 spiro atoms. The molecular formula is C39H40FN7O4. The fourth-order valence-electron chi connectivity index (χ4n) is 7.18. The number of piperazine rings is 1. The molecule has 0 bridgehead atoms. The highest BCUT2D eigenvalue weighted by atomic mass is 19.1. The minimum Gasteiger partial charge on any atom is -0.462 e. The number of carbonyl (C=O) groups excluding carboxylic acids is 1. The normalized spacial score (nSPS) is 19.4. The Hall–Kier alpha value is -5.38. The van der Waals surface area contributed by atoms with Gasteiger partial charge in [0.15, 0.2) is 5.82 Å². The molecule has 262 valence electrons. The highest BCUT2D eigenvalue weighted by Crippen LogP contribution is 2.36. The van der Waals surface area contributed by atoms with Crippen molar-refractivity contribution in [2.75, 3.05) is 51.8 Å². The van der Waals surface area contributed by atoms with Crippen molar-refractivity contribution in [3.8, 4) is 23.3 Å². The van der Waals surface area contributed by atoms with Gasteiger partial charge in [-0.25, -0.2) is 9.18 Å². The second kappa shape index (κ2) is 14.8. The van der Waals surface area contributed by atoms with Gasteiger partial charge in [0, 0.05) is 51.1 Å². The van der Waals surface area contributed by atoms with Crippen LogP contribution in [0, 0.1) is 24.1 Å². The summed E-state index contributed by atoms with van der Waals surface area (Å²) >= 11 is 0. The number of pyridine rings is 1. The van der Waals surface area contributed by atoms with Crippen LogP contribution in [0.2, 0.25) is 0 Å². The number of anilines is 1. The molecule has 3 aromatic carbocycles. The minimum atomic E-state index is -0.578. The molecular weight excluding hydrogens is 649 g/mol. The number of rotatable bonds is 9. The number of likely N-dealkylation sites (N-methyl/N-ethyl adjacent to an activating group) is 1. The summed E-state index contributed by atoms with van der Waals surface area (Å²) in [7, 11) is 3.72. The van der Waals surface area contributed by atoms with Crippen LogP contribution < -0.4 is 9.64 Å². The Morgan fingerprint density at radius 3 is 2.59 bits per heavy atom. The summed E-state index contributed by atoms with van der Waals surface area (Å²) < 4.78 is 34.3. The molecule has 4 heterocycles. The van der Waals surface area contributed by atoms with Gasteiger partial charge < -0.3 is 24.0 Å². The van der Waals surface area contributed by atoms with Gasteiger partial charge in [-0.15, -0.1) is 0 Å². The molecule has 0 saturated carbocycles. The number of halogens is 1. The first-order valence-electron chi connectivity index (χ1n) is 17.1. The molecule has 1 amide bonds. The number of nitrogens with zero attached hydrogens (tertiary/aromatic N) is 7. The van der Waals surface area contributed by atoms with Gasteiger partial charge in [-0.1, -0.05) is 66.7 Å². The number of hydrogen-bond acceptors (Lipinski definition) is 10. The lowest BCUT2D eigenvalue weighted by molar-refractivity contribution is 0.0768. The molecule has 2 saturated heterocycles. The van der Waals surface area contributed by atoms with Crippen LogP contribution in [0.1, 0.15) is 24.0 Å². The maximum atomic E-state index is 16.9. The smallest absolute Gasteiger partial charge is 0.410 e. The molecule has 0 radical (unpaired) electrons. The average Bonchev–Trinajstić information content (AvgIpc) is 3.52. The predicted molar refractivity (Wildman–Crippen MR) is 192 cm³/mol. The van der Waals surface area contributed by atoms with Crippen molar-refractivity contribution in [3.05, 3.63) is 89.9 Å². The number of carbonyl (C=O) groups is 1. The van der Waals surface area contributed by atoms with Gasteiger partial charge in [-0.2, -0.15) is 15.2 Å². The third-order valence-corrected chi connectivity index (χ3v) is 9.95. The average molecular weight is 690 g/mol. The summed E-state index contributed by atoms with van der Waals surface area (Å²) in [5.41, 5.74) is 2.82. The Balaban J connectivity index is 1.24. The van der Waals surface area contributed by atoms with Crippen LogP contribution >= 0.6 is 0 Å². The zero-order valence-electron chi connectivity index (χ0n) is 29.0. The van der Waals surface area contributed by atoms with Crippen LogP contribution in [-0.2, 0) is 16.1 Å². The summed E-state index contributed by atoms with van der Waals surface area (Å²) in [6.45, 7) is 4.10. The number of ether oxygens (including phenoxy) is 3. The van der Waals surface area contributed by atoms with E-state index in [0.717, 1.165) is 34.9 Å². The van der Waals surface area contributed by atoms with Gasteiger partial charge in [-0.3, -0.25) is 9.88 Å². The number of aromatic nitrogens is 3. The zero-order valence-corrected chi connectivity index (χ0v) is 29.0. The number of aryl methyl sites for hydroxylation is 1. The first kappa shape index (κ1) is 34.1. The lowest BCUT2D eigenvalue weighted by Crippen LogP contribution is -2.55. The Morgan fingerprint density at radius 2 is 1.82 bits per heavy atom. The van der Waals surface area contributed by atoms with Crippen LogP contribution in [0.4, 0.5) is 15.0 Å².